The number of hydrogen-bond donors (Lipinski definition) is 1. The summed E-state index contributed by atoms with van der Waals surface area (Å²) in [7, 11) is 1.31. The molecular formula is C34H36Cl2F2N2O10S2. The van der Waals surface area contributed by atoms with Crippen LogP contribution in [-0.4, -0.2) is 69.0 Å². The number of alkyl halides is 2. The standard InChI is InChI=1S/C34H36Cl2F2N2O10S2/c1-34(2,3)50-30(41)16-40(52(44)45)25-11-21(8-9-26(25)46-4)32(43)51-18-31(42)48-28(13-22-23(35)14-39-15-24(22)36)20-7-10-27(49-33(37)38)29(12-20)47-17-19-5-6-19/h7-12,14-15,19,28,33H,5-6,13,16-18H2,1-4H3,(H,44,45)/t28-/m0/s1. The predicted octanol–water partition coefficient (Wildman–Crippen LogP) is 7.47. The Morgan fingerprint density at radius 3 is 2.31 bits per heavy atom. The topological polar surface area (TPSA) is 151 Å². The molecule has 52 heavy (non-hydrogen) atoms. The van der Waals surface area contributed by atoms with Gasteiger partial charge >= 0.3 is 18.6 Å². The monoisotopic (exact) mass is 804 g/mol. The molecule has 0 amide bonds. The van der Waals surface area contributed by atoms with Crippen molar-refractivity contribution in [1.82, 2.24) is 4.98 Å². The van der Waals surface area contributed by atoms with Crippen LogP contribution in [0.25, 0.3) is 0 Å². The van der Waals surface area contributed by atoms with E-state index in [0.717, 1.165) is 17.1 Å². The highest BCUT2D eigenvalue weighted by Gasteiger charge is 2.28. The number of carbonyl (C=O) groups excluding carboxylic acids is 3. The lowest BCUT2D eigenvalue weighted by molar-refractivity contribution is -0.152. The van der Waals surface area contributed by atoms with Crippen molar-refractivity contribution in [3.8, 4) is 17.2 Å². The number of aromatic nitrogens is 1. The first-order valence-corrected chi connectivity index (χ1v) is 18.5. The maximum absolute atomic E-state index is 13.3. The van der Waals surface area contributed by atoms with E-state index in [1.807, 2.05) is 0 Å². The summed E-state index contributed by atoms with van der Waals surface area (Å²) in [6.45, 7) is 1.47. The highest BCUT2D eigenvalue weighted by molar-refractivity contribution is 8.14. The number of rotatable bonds is 17. The van der Waals surface area contributed by atoms with Gasteiger partial charge < -0.3 is 23.7 Å². The number of nitrogens with zero attached hydrogens (tertiary/aromatic N) is 2. The molecule has 3 aromatic rings. The summed E-state index contributed by atoms with van der Waals surface area (Å²) >= 11 is 10.6. The molecule has 0 saturated heterocycles. The molecule has 0 spiro atoms. The average molecular weight is 806 g/mol. The molecule has 282 valence electrons. The third-order valence-corrected chi connectivity index (χ3v) is 9.46. The normalized spacial score (nSPS) is 14.0. The lowest BCUT2D eigenvalue weighted by Crippen LogP contribution is -2.36. The largest absolute Gasteiger partial charge is 0.495 e. The molecule has 1 unspecified atom stereocenters. The summed E-state index contributed by atoms with van der Waals surface area (Å²) in [6, 6.07) is 8.17. The fourth-order valence-corrected chi connectivity index (χ4v) is 6.35. The summed E-state index contributed by atoms with van der Waals surface area (Å²) < 4.78 is 76.2. The van der Waals surface area contributed by atoms with Crippen molar-refractivity contribution in [3.63, 3.8) is 0 Å². The summed E-state index contributed by atoms with van der Waals surface area (Å²) in [5.41, 5.74) is -0.138. The van der Waals surface area contributed by atoms with Crippen LogP contribution in [0.1, 0.15) is 61.2 Å². The van der Waals surface area contributed by atoms with Crippen LogP contribution >= 0.6 is 35.0 Å². The van der Waals surface area contributed by atoms with Crippen molar-refractivity contribution < 1.29 is 55.6 Å². The maximum atomic E-state index is 13.3. The van der Waals surface area contributed by atoms with E-state index in [9.17, 15) is 31.9 Å². The number of methoxy groups -OCH3 is 1. The van der Waals surface area contributed by atoms with E-state index in [2.05, 4.69) is 9.72 Å². The smallest absolute Gasteiger partial charge is 0.387 e. The first kappa shape index (κ1) is 41.1. The molecule has 0 radical (unpaired) electrons. The molecule has 0 aliphatic heterocycles. The van der Waals surface area contributed by atoms with Crippen LogP contribution in [0.2, 0.25) is 10.0 Å². The number of pyridine rings is 1. The van der Waals surface area contributed by atoms with Gasteiger partial charge in [0.1, 0.15) is 24.0 Å². The van der Waals surface area contributed by atoms with Crippen molar-refractivity contribution in [3.05, 3.63) is 75.5 Å². The van der Waals surface area contributed by atoms with E-state index in [1.54, 1.807) is 20.8 Å². The zero-order chi connectivity index (χ0) is 38.2. The lowest BCUT2D eigenvalue weighted by Gasteiger charge is -2.25. The van der Waals surface area contributed by atoms with Gasteiger partial charge in [0.2, 0.25) is 5.12 Å². The molecule has 1 saturated carbocycles. The van der Waals surface area contributed by atoms with Gasteiger partial charge in [-0.3, -0.25) is 28.2 Å². The van der Waals surface area contributed by atoms with Crippen molar-refractivity contribution >= 4 is 69.0 Å². The van der Waals surface area contributed by atoms with E-state index >= 15 is 0 Å². The summed E-state index contributed by atoms with van der Waals surface area (Å²) in [5, 5.41) is -0.218. The lowest BCUT2D eigenvalue weighted by atomic mass is 10.0. The van der Waals surface area contributed by atoms with E-state index in [1.165, 1.54) is 55.9 Å². The van der Waals surface area contributed by atoms with Crippen molar-refractivity contribution in [2.45, 2.75) is 58.4 Å². The van der Waals surface area contributed by atoms with E-state index in [0.29, 0.717) is 28.8 Å². The fraction of sp³-hybridized carbons (Fsp3) is 0.412. The number of ether oxygens (including phenoxy) is 5. The molecule has 2 atom stereocenters. The Balaban J connectivity index is 1.54. The van der Waals surface area contributed by atoms with Crippen LogP contribution in [0.4, 0.5) is 14.5 Å². The van der Waals surface area contributed by atoms with Crippen LogP contribution in [0, 0.1) is 5.92 Å². The van der Waals surface area contributed by atoms with Gasteiger partial charge in [0.15, 0.2) is 11.5 Å². The minimum Gasteiger partial charge on any atom is -0.495 e. The number of anilines is 1. The van der Waals surface area contributed by atoms with Crippen LogP contribution in [0.5, 0.6) is 17.2 Å². The van der Waals surface area contributed by atoms with Gasteiger partial charge in [0.25, 0.3) is 11.3 Å². The van der Waals surface area contributed by atoms with Gasteiger partial charge in [-0.25, -0.2) is 4.21 Å². The quantitative estimate of drug-likeness (QED) is 0.106. The Morgan fingerprint density at radius 2 is 1.71 bits per heavy atom. The van der Waals surface area contributed by atoms with Gasteiger partial charge in [-0.15, -0.1) is 0 Å². The molecule has 12 nitrogen and oxygen atoms in total. The number of thioether (sulfide) groups is 1. The molecule has 2 aromatic carbocycles. The Bertz CT molecular complexity index is 1770. The number of carbonyl (C=O) groups is 3. The SMILES string of the molecule is COc1ccc(C(=O)SCC(=O)O[C@@H](Cc2c(Cl)cncc2Cl)c2ccc(OC(F)F)c(OCC3CC3)c2)cc1N(CC(=O)OC(C)(C)C)S(=O)O. The molecule has 1 N–H and O–H groups in total. The Hall–Kier alpha value is -3.70. The molecule has 1 aromatic heterocycles. The molecule has 4 rings (SSSR count). The van der Waals surface area contributed by atoms with Crippen LogP contribution in [-0.2, 0) is 36.8 Å². The number of benzene rings is 2. The Morgan fingerprint density at radius 1 is 1.04 bits per heavy atom. The maximum Gasteiger partial charge on any atom is 0.387 e. The predicted molar refractivity (Wildman–Crippen MR) is 192 cm³/mol. The fourth-order valence-electron chi connectivity index (χ4n) is 4.70. The second kappa shape index (κ2) is 18.4. The Kier molecular flexibility index (Phi) is 14.5. The van der Waals surface area contributed by atoms with Crippen molar-refractivity contribution in [2.75, 3.05) is 30.3 Å². The van der Waals surface area contributed by atoms with E-state index < -0.39 is 58.9 Å². The van der Waals surface area contributed by atoms with Crippen LogP contribution < -0.4 is 18.5 Å². The van der Waals surface area contributed by atoms with Crippen LogP contribution in [0.15, 0.2) is 48.8 Å². The number of halogens is 4. The number of esters is 2. The van der Waals surface area contributed by atoms with Crippen LogP contribution in [0.3, 0.4) is 0 Å². The van der Waals surface area contributed by atoms with Crippen molar-refractivity contribution in [2.24, 2.45) is 5.92 Å². The third-order valence-electron chi connectivity index (χ3n) is 7.23. The molecular weight excluding hydrogens is 769 g/mol. The molecule has 1 fully saturated rings. The Labute approximate surface area is 315 Å². The average Bonchev–Trinajstić information content (AvgIpc) is 3.90. The second-order valence-electron chi connectivity index (χ2n) is 12.4. The van der Waals surface area contributed by atoms with Gasteiger partial charge in [-0.1, -0.05) is 41.0 Å². The summed E-state index contributed by atoms with van der Waals surface area (Å²) in [4.78, 5) is 43.0. The molecule has 1 aliphatic rings. The third kappa shape index (κ3) is 12.2. The molecule has 1 aliphatic carbocycles. The molecule has 1 heterocycles. The van der Waals surface area contributed by atoms with Gasteiger partial charge in [-0.2, -0.15) is 8.78 Å². The zero-order valence-corrected chi connectivity index (χ0v) is 31.6. The highest BCUT2D eigenvalue weighted by Crippen LogP contribution is 2.38. The van der Waals surface area contributed by atoms with Gasteiger partial charge in [0.05, 0.1) is 35.2 Å². The minimum atomic E-state index is -3.10. The summed E-state index contributed by atoms with van der Waals surface area (Å²) in [6.07, 6.45) is 3.51. The van der Waals surface area contributed by atoms with Crippen molar-refractivity contribution in [1.29, 1.82) is 0 Å². The van der Waals surface area contributed by atoms with E-state index in [4.69, 9.17) is 42.1 Å². The summed E-state index contributed by atoms with van der Waals surface area (Å²) in [5.74, 6) is -1.88. The molecule has 18 heteroatoms. The molecule has 0 bridgehead atoms. The second-order valence-corrected chi connectivity index (χ2v) is 15.1. The first-order chi connectivity index (χ1) is 24.5. The zero-order valence-electron chi connectivity index (χ0n) is 28.4. The van der Waals surface area contributed by atoms with Gasteiger partial charge in [-0.05, 0) is 81.0 Å². The minimum absolute atomic E-state index is 0.0206. The van der Waals surface area contributed by atoms with E-state index in [-0.39, 0.29) is 51.6 Å². The first-order valence-electron chi connectivity index (χ1n) is 15.7. The van der Waals surface area contributed by atoms with Gasteiger partial charge in [0, 0.05) is 24.4 Å². The highest BCUT2D eigenvalue weighted by atomic mass is 35.5. The number of hydrogen-bond acceptors (Lipinski definition) is 11.